The monoisotopic (exact) mass is 419 g/mol. The van der Waals surface area contributed by atoms with E-state index in [9.17, 15) is 9.59 Å². The maximum absolute atomic E-state index is 13.0. The van der Waals surface area contributed by atoms with Crippen LogP contribution in [0.15, 0.2) is 42.5 Å². The maximum atomic E-state index is 13.0. The van der Waals surface area contributed by atoms with E-state index in [1.165, 1.54) is 18.4 Å². The number of carbonyl (C=O) groups excluding carboxylic acids is 2. The Balaban J connectivity index is 1.15. The van der Waals surface area contributed by atoms with Crippen molar-refractivity contribution in [2.45, 2.75) is 19.4 Å². The van der Waals surface area contributed by atoms with Gasteiger partial charge in [0.2, 0.25) is 0 Å². The molecule has 3 aliphatic rings. The van der Waals surface area contributed by atoms with Crippen LogP contribution in [0.4, 0.5) is 0 Å². The standard InChI is InChI=1S/C24H29N5O2/c30-23(21-17-22-24(31)28(18-20-8-9-20)15-16-29(22)25-21)27-13-11-26(12-14-27)10-4-7-19-5-2-1-3-6-19/h1-7,17,20H,8-16,18H2. The van der Waals surface area contributed by atoms with E-state index in [2.05, 4.69) is 34.3 Å². The fourth-order valence-electron chi connectivity index (χ4n) is 4.33. The molecule has 5 rings (SSSR count). The third kappa shape index (κ3) is 4.56. The van der Waals surface area contributed by atoms with E-state index in [1.807, 2.05) is 28.0 Å². The zero-order chi connectivity index (χ0) is 21.2. The van der Waals surface area contributed by atoms with E-state index >= 15 is 0 Å². The Hall–Kier alpha value is -2.93. The quantitative estimate of drug-likeness (QED) is 0.720. The normalized spacial score (nSPS) is 19.8. The van der Waals surface area contributed by atoms with Gasteiger partial charge in [-0.05, 0) is 24.3 Å². The summed E-state index contributed by atoms with van der Waals surface area (Å²) in [7, 11) is 0. The number of amides is 2. The molecule has 0 N–H and O–H groups in total. The summed E-state index contributed by atoms with van der Waals surface area (Å²) >= 11 is 0. The third-order valence-corrected chi connectivity index (χ3v) is 6.40. The molecule has 2 amide bonds. The van der Waals surface area contributed by atoms with Crippen molar-refractivity contribution in [1.29, 1.82) is 0 Å². The molecule has 3 heterocycles. The van der Waals surface area contributed by atoms with Crippen LogP contribution in [0, 0.1) is 5.92 Å². The summed E-state index contributed by atoms with van der Waals surface area (Å²) in [6, 6.07) is 12.0. The van der Waals surface area contributed by atoms with Crippen molar-refractivity contribution in [2.75, 3.05) is 45.8 Å². The minimum absolute atomic E-state index is 0.0136. The average Bonchev–Trinajstić information content (AvgIpc) is 3.51. The fraction of sp³-hybridized carbons (Fsp3) is 0.458. The van der Waals surface area contributed by atoms with E-state index in [0.29, 0.717) is 43.5 Å². The topological polar surface area (TPSA) is 61.7 Å². The summed E-state index contributed by atoms with van der Waals surface area (Å²) in [5.41, 5.74) is 2.15. The first kappa shape index (κ1) is 20.0. The molecule has 2 aliphatic heterocycles. The molecular weight excluding hydrogens is 390 g/mol. The van der Waals surface area contributed by atoms with Crippen molar-refractivity contribution < 1.29 is 9.59 Å². The second kappa shape index (κ2) is 8.67. The number of piperazine rings is 1. The highest BCUT2D eigenvalue weighted by Crippen LogP contribution is 2.30. The molecular formula is C24H29N5O2. The van der Waals surface area contributed by atoms with Gasteiger partial charge in [-0.15, -0.1) is 0 Å². The number of benzene rings is 1. The van der Waals surface area contributed by atoms with Crippen molar-refractivity contribution >= 4 is 17.9 Å². The zero-order valence-electron chi connectivity index (χ0n) is 17.8. The van der Waals surface area contributed by atoms with Gasteiger partial charge in [-0.2, -0.15) is 5.10 Å². The van der Waals surface area contributed by atoms with Gasteiger partial charge < -0.3 is 9.80 Å². The van der Waals surface area contributed by atoms with Gasteiger partial charge in [-0.1, -0.05) is 42.5 Å². The van der Waals surface area contributed by atoms with Crippen molar-refractivity contribution in [3.8, 4) is 0 Å². The summed E-state index contributed by atoms with van der Waals surface area (Å²) in [4.78, 5) is 31.9. The molecule has 1 saturated heterocycles. The molecule has 0 atom stereocenters. The summed E-state index contributed by atoms with van der Waals surface area (Å²) in [6.07, 6.45) is 6.76. The summed E-state index contributed by atoms with van der Waals surface area (Å²) in [5.74, 6) is 0.612. The highest BCUT2D eigenvalue weighted by molar-refractivity contribution is 5.98. The predicted octanol–water partition coefficient (Wildman–Crippen LogP) is 2.22. The molecule has 0 radical (unpaired) electrons. The van der Waals surface area contributed by atoms with Crippen molar-refractivity contribution in [3.63, 3.8) is 0 Å². The highest BCUT2D eigenvalue weighted by Gasteiger charge is 2.33. The summed E-state index contributed by atoms with van der Waals surface area (Å²) < 4.78 is 1.71. The molecule has 7 nitrogen and oxygen atoms in total. The summed E-state index contributed by atoms with van der Waals surface area (Å²) in [6.45, 7) is 6.12. The van der Waals surface area contributed by atoms with Crippen LogP contribution in [0.3, 0.4) is 0 Å². The van der Waals surface area contributed by atoms with Gasteiger partial charge in [0.25, 0.3) is 11.8 Å². The van der Waals surface area contributed by atoms with Crippen molar-refractivity contribution in [2.24, 2.45) is 5.92 Å². The Morgan fingerprint density at radius 3 is 2.55 bits per heavy atom. The first-order valence-electron chi connectivity index (χ1n) is 11.3. The Bertz CT molecular complexity index is 971. The Kier molecular flexibility index (Phi) is 5.59. The Labute approximate surface area is 182 Å². The van der Waals surface area contributed by atoms with Crippen LogP contribution >= 0.6 is 0 Å². The number of rotatable bonds is 6. The van der Waals surface area contributed by atoms with Crippen molar-refractivity contribution in [3.05, 3.63) is 59.4 Å². The zero-order valence-corrected chi connectivity index (χ0v) is 17.8. The molecule has 1 aliphatic carbocycles. The lowest BCUT2D eigenvalue weighted by molar-refractivity contribution is 0.0640. The van der Waals surface area contributed by atoms with E-state index in [-0.39, 0.29) is 11.8 Å². The molecule has 1 aromatic carbocycles. The smallest absolute Gasteiger partial charge is 0.274 e. The van der Waals surface area contributed by atoms with E-state index in [4.69, 9.17) is 0 Å². The van der Waals surface area contributed by atoms with Gasteiger partial charge in [0.05, 0.1) is 6.54 Å². The molecule has 31 heavy (non-hydrogen) atoms. The van der Waals surface area contributed by atoms with E-state index in [1.54, 1.807) is 10.7 Å². The second-order valence-corrected chi connectivity index (χ2v) is 8.74. The minimum atomic E-state index is -0.0667. The van der Waals surface area contributed by atoms with E-state index in [0.717, 1.165) is 26.2 Å². The second-order valence-electron chi connectivity index (χ2n) is 8.74. The molecule has 0 unspecified atom stereocenters. The highest BCUT2D eigenvalue weighted by atomic mass is 16.2. The number of carbonyl (C=O) groups is 2. The lowest BCUT2D eigenvalue weighted by atomic mass is 10.2. The minimum Gasteiger partial charge on any atom is -0.335 e. The molecule has 162 valence electrons. The Morgan fingerprint density at radius 1 is 1.03 bits per heavy atom. The van der Waals surface area contributed by atoms with Crippen molar-refractivity contribution in [1.82, 2.24) is 24.5 Å². The van der Waals surface area contributed by atoms with Crippen LogP contribution in [0.25, 0.3) is 6.08 Å². The van der Waals surface area contributed by atoms with Crippen LogP contribution < -0.4 is 0 Å². The summed E-state index contributed by atoms with van der Waals surface area (Å²) in [5, 5.41) is 4.46. The van der Waals surface area contributed by atoms with Crippen LogP contribution in [0.2, 0.25) is 0 Å². The van der Waals surface area contributed by atoms with Gasteiger partial charge >= 0.3 is 0 Å². The number of fused-ring (bicyclic) bond motifs is 1. The molecule has 2 aromatic rings. The average molecular weight is 420 g/mol. The molecule has 0 spiro atoms. The Morgan fingerprint density at radius 2 is 1.81 bits per heavy atom. The SMILES string of the molecule is O=C(c1cc2n(n1)CCN(CC1CC1)C2=O)N1CCN(CC=Cc2ccccc2)CC1. The van der Waals surface area contributed by atoms with Gasteiger partial charge in [0.1, 0.15) is 5.69 Å². The first-order chi connectivity index (χ1) is 15.2. The maximum Gasteiger partial charge on any atom is 0.274 e. The number of hydrogen-bond donors (Lipinski definition) is 0. The number of aromatic nitrogens is 2. The van der Waals surface area contributed by atoms with Gasteiger partial charge in [-0.3, -0.25) is 19.2 Å². The third-order valence-electron chi connectivity index (χ3n) is 6.40. The molecule has 0 bridgehead atoms. The first-order valence-corrected chi connectivity index (χ1v) is 11.3. The van der Waals surface area contributed by atoms with Crippen LogP contribution in [-0.2, 0) is 6.54 Å². The molecule has 7 heteroatoms. The lowest BCUT2D eigenvalue weighted by Crippen LogP contribution is -2.48. The van der Waals surface area contributed by atoms with Gasteiger partial charge in [0, 0.05) is 51.9 Å². The predicted molar refractivity (Wildman–Crippen MR) is 119 cm³/mol. The van der Waals surface area contributed by atoms with Crippen LogP contribution in [0.1, 0.15) is 39.4 Å². The largest absolute Gasteiger partial charge is 0.335 e. The lowest BCUT2D eigenvalue weighted by Gasteiger charge is -2.33. The molecule has 1 saturated carbocycles. The molecule has 1 aromatic heterocycles. The fourth-order valence-corrected chi connectivity index (χ4v) is 4.33. The van der Waals surface area contributed by atoms with Gasteiger partial charge in [-0.25, -0.2) is 0 Å². The van der Waals surface area contributed by atoms with Crippen LogP contribution in [0.5, 0.6) is 0 Å². The van der Waals surface area contributed by atoms with Gasteiger partial charge in [0.15, 0.2) is 5.69 Å². The number of hydrogen-bond acceptors (Lipinski definition) is 4. The van der Waals surface area contributed by atoms with E-state index < -0.39 is 0 Å². The molecule has 2 fully saturated rings. The number of nitrogens with zero attached hydrogens (tertiary/aromatic N) is 5. The van der Waals surface area contributed by atoms with Crippen LogP contribution in [-0.4, -0.2) is 82.1 Å².